The van der Waals surface area contributed by atoms with Crippen molar-refractivity contribution in [3.8, 4) is 0 Å². The van der Waals surface area contributed by atoms with Crippen molar-refractivity contribution in [2.75, 3.05) is 0 Å². The minimum atomic E-state index is 0.633. The maximum Gasteiger partial charge on any atom is -0.0267 e. The van der Waals surface area contributed by atoms with Crippen molar-refractivity contribution in [3.05, 3.63) is 0 Å². The minimum Gasteiger partial charge on any atom is -0.0625 e. The van der Waals surface area contributed by atoms with E-state index in [4.69, 9.17) is 0 Å². The third kappa shape index (κ3) is 1.30. The van der Waals surface area contributed by atoms with Gasteiger partial charge in [0.15, 0.2) is 0 Å². The normalized spacial score (nSPS) is 42.0. The van der Waals surface area contributed by atoms with Crippen LogP contribution in [0.2, 0.25) is 0 Å². The summed E-state index contributed by atoms with van der Waals surface area (Å²) in [6.07, 6.45) is 1.44. The van der Waals surface area contributed by atoms with Crippen LogP contribution in [-0.2, 0) is 0 Å². The summed E-state index contributed by atoms with van der Waals surface area (Å²) in [5, 5.41) is 0. The fourth-order valence-electron chi connectivity index (χ4n) is 3.49. The third-order valence-electron chi connectivity index (χ3n) is 4.17. The van der Waals surface area contributed by atoms with E-state index in [1.807, 2.05) is 0 Å². The second-order valence-corrected chi connectivity index (χ2v) is 5.61. The van der Waals surface area contributed by atoms with Gasteiger partial charge in [-0.25, -0.2) is 0 Å². The van der Waals surface area contributed by atoms with Crippen LogP contribution in [0.3, 0.4) is 0 Å². The van der Waals surface area contributed by atoms with Crippen molar-refractivity contribution in [2.24, 2.45) is 29.1 Å². The first-order valence-electron chi connectivity index (χ1n) is 5.39. The van der Waals surface area contributed by atoms with Crippen molar-refractivity contribution >= 4 is 0 Å². The van der Waals surface area contributed by atoms with Crippen molar-refractivity contribution in [1.29, 1.82) is 0 Å². The first-order valence-corrected chi connectivity index (χ1v) is 5.39. The molecule has 1 saturated carbocycles. The Morgan fingerprint density at radius 3 is 1.83 bits per heavy atom. The highest BCUT2D eigenvalue weighted by molar-refractivity contribution is 4.99. The van der Waals surface area contributed by atoms with E-state index >= 15 is 0 Å². The van der Waals surface area contributed by atoms with Gasteiger partial charge in [-0.1, -0.05) is 41.5 Å². The Hall–Kier alpha value is 0. The lowest BCUT2D eigenvalue weighted by Gasteiger charge is -2.57. The van der Waals surface area contributed by atoms with Crippen LogP contribution >= 0.6 is 0 Å². The average Bonchev–Trinajstić information content (AvgIpc) is 1.83. The number of rotatable bonds is 2. The van der Waals surface area contributed by atoms with Crippen molar-refractivity contribution < 1.29 is 0 Å². The van der Waals surface area contributed by atoms with E-state index in [0.29, 0.717) is 5.41 Å². The molecule has 0 aromatic carbocycles. The molecule has 0 N–H and O–H groups in total. The van der Waals surface area contributed by atoms with Gasteiger partial charge in [-0.3, -0.25) is 0 Å². The molecule has 0 spiro atoms. The zero-order chi connectivity index (χ0) is 9.52. The van der Waals surface area contributed by atoms with E-state index in [1.54, 1.807) is 0 Å². The molecular formula is C12H24. The third-order valence-corrected chi connectivity index (χ3v) is 4.17. The SMILES string of the molecule is CC(C)C1C(C)CC1(C)C(C)C. The lowest BCUT2D eigenvalue weighted by atomic mass is 9.48. The highest BCUT2D eigenvalue weighted by Crippen LogP contribution is 2.58. The summed E-state index contributed by atoms with van der Waals surface area (Å²) in [5.41, 5.74) is 0.633. The molecule has 0 nitrogen and oxygen atoms in total. The summed E-state index contributed by atoms with van der Waals surface area (Å²) in [6.45, 7) is 14.4. The molecule has 72 valence electrons. The zero-order valence-electron chi connectivity index (χ0n) is 9.52. The standard InChI is InChI=1S/C12H24/c1-8(2)11-10(5)7-12(11,6)9(3)4/h8-11H,7H2,1-6H3. The molecule has 1 aliphatic rings. The van der Waals surface area contributed by atoms with Crippen LogP contribution in [0.25, 0.3) is 0 Å². The first kappa shape index (κ1) is 10.1. The fraction of sp³-hybridized carbons (Fsp3) is 1.00. The Kier molecular flexibility index (Phi) is 2.56. The van der Waals surface area contributed by atoms with Gasteiger partial charge in [0, 0.05) is 0 Å². The van der Waals surface area contributed by atoms with Crippen LogP contribution in [0.1, 0.15) is 48.0 Å². The molecule has 3 unspecified atom stereocenters. The highest BCUT2D eigenvalue weighted by atomic mass is 14.6. The summed E-state index contributed by atoms with van der Waals surface area (Å²) in [5.74, 6) is 3.62. The molecule has 0 bridgehead atoms. The van der Waals surface area contributed by atoms with Gasteiger partial charge in [-0.05, 0) is 35.5 Å². The summed E-state index contributed by atoms with van der Waals surface area (Å²) in [6, 6.07) is 0. The molecule has 1 rings (SSSR count). The van der Waals surface area contributed by atoms with Gasteiger partial charge in [-0.2, -0.15) is 0 Å². The molecule has 0 heteroatoms. The van der Waals surface area contributed by atoms with Crippen LogP contribution < -0.4 is 0 Å². The Labute approximate surface area is 77.7 Å². The molecule has 0 saturated heterocycles. The van der Waals surface area contributed by atoms with Gasteiger partial charge >= 0.3 is 0 Å². The molecule has 0 amide bonds. The van der Waals surface area contributed by atoms with Crippen molar-refractivity contribution in [1.82, 2.24) is 0 Å². The maximum atomic E-state index is 2.47. The fourth-order valence-corrected chi connectivity index (χ4v) is 3.49. The smallest absolute Gasteiger partial charge is 0.0267 e. The zero-order valence-corrected chi connectivity index (χ0v) is 9.52. The molecule has 0 aromatic heterocycles. The molecule has 0 heterocycles. The molecule has 1 aliphatic carbocycles. The summed E-state index contributed by atoms with van der Waals surface area (Å²) >= 11 is 0. The molecule has 3 atom stereocenters. The second-order valence-electron chi connectivity index (χ2n) is 5.61. The van der Waals surface area contributed by atoms with E-state index in [0.717, 1.165) is 23.7 Å². The van der Waals surface area contributed by atoms with Gasteiger partial charge in [0.25, 0.3) is 0 Å². The van der Waals surface area contributed by atoms with Crippen molar-refractivity contribution in [3.63, 3.8) is 0 Å². The van der Waals surface area contributed by atoms with E-state index in [2.05, 4.69) is 41.5 Å². The maximum absolute atomic E-state index is 2.47. The van der Waals surface area contributed by atoms with Gasteiger partial charge < -0.3 is 0 Å². The lowest BCUT2D eigenvalue weighted by Crippen LogP contribution is -2.50. The van der Waals surface area contributed by atoms with E-state index < -0.39 is 0 Å². The van der Waals surface area contributed by atoms with Gasteiger partial charge in [0.2, 0.25) is 0 Å². The Balaban J connectivity index is 2.70. The van der Waals surface area contributed by atoms with E-state index in [1.165, 1.54) is 6.42 Å². The highest BCUT2D eigenvalue weighted by Gasteiger charge is 2.50. The summed E-state index contributed by atoms with van der Waals surface area (Å²) < 4.78 is 0. The van der Waals surface area contributed by atoms with Crippen LogP contribution in [0.5, 0.6) is 0 Å². The largest absolute Gasteiger partial charge is 0.0625 e. The van der Waals surface area contributed by atoms with E-state index in [-0.39, 0.29) is 0 Å². The Morgan fingerprint density at radius 2 is 1.67 bits per heavy atom. The average molecular weight is 168 g/mol. The molecule has 0 aliphatic heterocycles. The van der Waals surface area contributed by atoms with Gasteiger partial charge in [0.1, 0.15) is 0 Å². The summed E-state index contributed by atoms with van der Waals surface area (Å²) in [7, 11) is 0. The molecule has 12 heavy (non-hydrogen) atoms. The molecule has 0 aromatic rings. The molecule has 1 fully saturated rings. The quantitative estimate of drug-likeness (QED) is 0.585. The predicted molar refractivity (Wildman–Crippen MR) is 55.1 cm³/mol. The monoisotopic (exact) mass is 168 g/mol. The van der Waals surface area contributed by atoms with Gasteiger partial charge in [0.05, 0.1) is 0 Å². The second kappa shape index (κ2) is 3.05. The van der Waals surface area contributed by atoms with Crippen LogP contribution in [0, 0.1) is 29.1 Å². The van der Waals surface area contributed by atoms with Gasteiger partial charge in [-0.15, -0.1) is 0 Å². The Morgan fingerprint density at radius 1 is 1.17 bits per heavy atom. The van der Waals surface area contributed by atoms with Crippen LogP contribution in [0.4, 0.5) is 0 Å². The van der Waals surface area contributed by atoms with Crippen LogP contribution in [0.15, 0.2) is 0 Å². The predicted octanol–water partition coefficient (Wildman–Crippen LogP) is 3.96. The minimum absolute atomic E-state index is 0.633. The Bertz CT molecular complexity index is 153. The molecular weight excluding hydrogens is 144 g/mol. The van der Waals surface area contributed by atoms with E-state index in [9.17, 15) is 0 Å². The number of hydrogen-bond donors (Lipinski definition) is 0. The van der Waals surface area contributed by atoms with Crippen LogP contribution in [-0.4, -0.2) is 0 Å². The topological polar surface area (TPSA) is 0 Å². The molecule has 0 radical (unpaired) electrons. The van der Waals surface area contributed by atoms with Crippen molar-refractivity contribution in [2.45, 2.75) is 48.0 Å². The number of hydrogen-bond acceptors (Lipinski definition) is 0. The lowest BCUT2D eigenvalue weighted by molar-refractivity contribution is -0.0836. The summed E-state index contributed by atoms with van der Waals surface area (Å²) in [4.78, 5) is 0. The first-order chi connectivity index (χ1) is 5.39.